The standard InChI is InChI=1S/C25H30F3N3O4/c1-15-12-19(25(26,27)28)13-23(35-18(4)33)24(15)20(29-5)7-6-16(2)31-10-11-34-22-8-9-30(17(3)32)14-21(22)31/h6-7,12-13,21-22H,5,8-11,14H2,1-4H3/b16-6+,20-7-. The average Bonchev–Trinajstić information content (AvgIpc) is 2.78. The van der Waals surface area contributed by atoms with Crippen molar-refractivity contribution in [2.75, 3.05) is 26.2 Å². The first-order valence-corrected chi connectivity index (χ1v) is 11.3. The molecule has 1 aromatic carbocycles. The van der Waals surface area contributed by atoms with Gasteiger partial charge in [-0.3, -0.25) is 14.6 Å². The Bertz CT molecular complexity index is 1060. The molecule has 2 fully saturated rings. The highest BCUT2D eigenvalue weighted by Gasteiger charge is 2.38. The van der Waals surface area contributed by atoms with E-state index in [-0.39, 0.29) is 40.6 Å². The minimum atomic E-state index is -4.60. The van der Waals surface area contributed by atoms with Gasteiger partial charge in [0, 0.05) is 44.7 Å². The van der Waals surface area contributed by atoms with Crippen molar-refractivity contribution in [3.8, 4) is 5.75 Å². The predicted molar refractivity (Wildman–Crippen MR) is 126 cm³/mol. The normalized spacial score (nSPS) is 21.5. The number of piperidine rings is 1. The number of carbonyl (C=O) groups is 2. The number of aryl methyl sites for hydroxylation is 1. The van der Waals surface area contributed by atoms with Gasteiger partial charge < -0.3 is 19.3 Å². The Morgan fingerprint density at radius 1 is 1.20 bits per heavy atom. The maximum Gasteiger partial charge on any atom is 0.416 e. The van der Waals surface area contributed by atoms with E-state index in [1.54, 1.807) is 24.0 Å². The van der Waals surface area contributed by atoms with Crippen molar-refractivity contribution in [2.24, 2.45) is 4.99 Å². The summed E-state index contributed by atoms with van der Waals surface area (Å²) in [6, 6.07) is 1.78. The highest BCUT2D eigenvalue weighted by Crippen LogP contribution is 2.38. The second kappa shape index (κ2) is 10.6. The molecule has 3 rings (SSSR count). The summed E-state index contributed by atoms with van der Waals surface area (Å²) in [4.78, 5) is 31.5. The van der Waals surface area contributed by atoms with E-state index in [0.29, 0.717) is 26.2 Å². The number of morpholine rings is 1. The topological polar surface area (TPSA) is 71.4 Å². The van der Waals surface area contributed by atoms with E-state index in [0.717, 1.165) is 31.2 Å². The molecule has 10 heteroatoms. The zero-order chi connectivity index (χ0) is 25.9. The first-order chi connectivity index (χ1) is 16.4. The molecule has 190 valence electrons. The monoisotopic (exact) mass is 493 g/mol. The third kappa shape index (κ3) is 6.11. The molecule has 0 aromatic heterocycles. The Kier molecular flexibility index (Phi) is 8.04. The fourth-order valence-corrected chi connectivity index (χ4v) is 4.59. The number of allylic oxidation sites excluding steroid dienone is 3. The van der Waals surface area contributed by atoms with Crippen LogP contribution in [0.4, 0.5) is 13.2 Å². The summed E-state index contributed by atoms with van der Waals surface area (Å²) in [5.41, 5.74) is 0.736. The molecule has 2 unspecified atom stereocenters. The summed E-state index contributed by atoms with van der Waals surface area (Å²) in [7, 11) is 0. The highest BCUT2D eigenvalue weighted by molar-refractivity contribution is 5.79. The summed E-state index contributed by atoms with van der Waals surface area (Å²) in [5.74, 6) is -0.957. The van der Waals surface area contributed by atoms with Gasteiger partial charge in [-0.15, -0.1) is 0 Å². The van der Waals surface area contributed by atoms with Gasteiger partial charge >= 0.3 is 12.1 Å². The van der Waals surface area contributed by atoms with Gasteiger partial charge in [0.05, 0.1) is 30.0 Å². The molecule has 0 bridgehead atoms. The number of hydrogen-bond acceptors (Lipinski definition) is 6. The minimum Gasteiger partial charge on any atom is -0.426 e. The summed E-state index contributed by atoms with van der Waals surface area (Å²) >= 11 is 0. The SMILES string of the molecule is C=N/C(=C\C=C(/C)N1CCOC2CCN(C(C)=O)CC21)c1c(C)cc(C(F)(F)F)cc1OC(C)=O. The van der Waals surface area contributed by atoms with Gasteiger partial charge in [-0.2, -0.15) is 13.2 Å². The first-order valence-electron chi connectivity index (χ1n) is 11.3. The van der Waals surface area contributed by atoms with Gasteiger partial charge in [0.15, 0.2) is 0 Å². The lowest BCUT2D eigenvalue weighted by atomic mass is 9.97. The van der Waals surface area contributed by atoms with Gasteiger partial charge in [-0.25, -0.2) is 0 Å². The Balaban J connectivity index is 1.97. The Labute approximate surface area is 202 Å². The number of ether oxygens (including phenoxy) is 2. The fourth-order valence-electron chi connectivity index (χ4n) is 4.59. The fraction of sp³-hybridized carbons (Fsp3) is 0.480. The van der Waals surface area contributed by atoms with Crippen molar-refractivity contribution >= 4 is 24.3 Å². The molecule has 0 N–H and O–H groups in total. The van der Waals surface area contributed by atoms with Gasteiger partial charge in [-0.05, 0) is 56.8 Å². The summed E-state index contributed by atoms with van der Waals surface area (Å²) < 4.78 is 51.0. The average molecular weight is 494 g/mol. The van der Waals surface area contributed by atoms with Gasteiger partial charge in [-0.1, -0.05) is 0 Å². The van der Waals surface area contributed by atoms with Gasteiger partial charge in [0.2, 0.25) is 5.91 Å². The smallest absolute Gasteiger partial charge is 0.416 e. The van der Waals surface area contributed by atoms with Crippen LogP contribution in [0.5, 0.6) is 5.75 Å². The van der Waals surface area contributed by atoms with E-state index in [2.05, 4.69) is 16.6 Å². The largest absolute Gasteiger partial charge is 0.426 e. The minimum absolute atomic E-state index is 0.00407. The quantitative estimate of drug-likeness (QED) is 0.266. The molecule has 1 aromatic rings. The lowest BCUT2D eigenvalue weighted by Crippen LogP contribution is -2.59. The van der Waals surface area contributed by atoms with Crippen LogP contribution in [0.3, 0.4) is 0 Å². The molecule has 0 aliphatic carbocycles. The molecule has 1 amide bonds. The summed E-state index contributed by atoms with van der Waals surface area (Å²) in [5, 5.41) is 0. The molecular formula is C25H30F3N3O4. The Morgan fingerprint density at radius 2 is 1.91 bits per heavy atom. The Hall–Kier alpha value is -3.14. The van der Waals surface area contributed by atoms with Crippen LogP contribution < -0.4 is 4.74 Å². The van der Waals surface area contributed by atoms with Crippen LogP contribution >= 0.6 is 0 Å². The Morgan fingerprint density at radius 3 is 2.51 bits per heavy atom. The van der Waals surface area contributed by atoms with E-state index < -0.39 is 17.7 Å². The van der Waals surface area contributed by atoms with Crippen LogP contribution in [-0.2, 0) is 20.5 Å². The number of nitrogens with zero attached hydrogens (tertiary/aromatic N) is 3. The van der Waals surface area contributed by atoms with Crippen LogP contribution in [0.2, 0.25) is 0 Å². The number of amides is 1. The maximum absolute atomic E-state index is 13.3. The van der Waals surface area contributed by atoms with Crippen molar-refractivity contribution in [2.45, 2.75) is 52.4 Å². The second-order valence-corrected chi connectivity index (χ2v) is 8.70. The molecule has 0 saturated carbocycles. The number of hydrogen-bond donors (Lipinski definition) is 0. The number of carbonyl (C=O) groups excluding carboxylic acids is 2. The highest BCUT2D eigenvalue weighted by atomic mass is 19.4. The molecule has 2 atom stereocenters. The van der Waals surface area contributed by atoms with E-state index in [1.807, 2.05) is 6.92 Å². The van der Waals surface area contributed by atoms with E-state index in [4.69, 9.17) is 9.47 Å². The molecule has 2 heterocycles. The summed E-state index contributed by atoms with van der Waals surface area (Å²) in [6.07, 6.45) is -0.397. The number of alkyl halides is 3. The second-order valence-electron chi connectivity index (χ2n) is 8.70. The van der Waals surface area contributed by atoms with Crippen LogP contribution in [0.1, 0.15) is 43.9 Å². The van der Waals surface area contributed by atoms with Crippen molar-refractivity contribution < 1.29 is 32.2 Å². The summed E-state index contributed by atoms with van der Waals surface area (Å²) in [6.45, 7) is 12.1. The molecule has 7 nitrogen and oxygen atoms in total. The van der Waals surface area contributed by atoms with Crippen LogP contribution in [-0.4, -0.2) is 66.8 Å². The molecule has 0 spiro atoms. The zero-order valence-electron chi connectivity index (χ0n) is 20.3. The number of halogens is 3. The predicted octanol–water partition coefficient (Wildman–Crippen LogP) is 4.21. The number of esters is 1. The molecule has 0 radical (unpaired) electrons. The number of benzene rings is 1. The van der Waals surface area contributed by atoms with Crippen molar-refractivity contribution in [1.82, 2.24) is 9.80 Å². The number of likely N-dealkylation sites (tertiary alicyclic amines) is 1. The third-order valence-corrected chi connectivity index (χ3v) is 6.27. The van der Waals surface area contributed by atoms with Crippen molar-refractivity contribution in [3.63, 3.8) is 0 Å². The van der Waals surface area contributed by atoms with Crippen LogP contribution in [0, 0.1) is 6.92 Å². The number of fused-ring (bicyclic) bond motifs is 1. The molecule has 2 saturated heterocycles. The third-order valence-electron chi connectivity index (χ3n) is 6.27. The molecule has 35 heavy (non-hydrogen) atoms. The van der Waals surface area contributed by atoms with Crippen molar-refractivity contribution in [1.29, 1.82) is 0 Å². The van der Waals surface area contributed by atoms with E-state index in [1.165, 1.54) is 6.92 Å². The van der Waals surface area contributed by atoms with Gasteiger partial charge in [0.25, 0.3) is 0 Å². The number of rotatable bonds is 5. The lowest BCUT2D eigenvalue weighted by Gasteiger charge is -2.48. The first kappa shape index (κ1) is 26.5. The van der Waals surface area contributed by atoms with Crippen LogP contribution in [0.15, 0.2) is 35.0 Å². The van der Waals surface area contributed by atoms with E-state index >= 15 is 0 Å². The number of aliphatic imine (C=N–C) groups is 1. The van der Waals surface area contributed by atoms with E-state index in [9.17, 15) is 22.8 Å². The van der Waals surface area contributed by atoms with Crippen molar-refractivity contribution in [3.05, 3.63) is 46.7 Å². The lowest BCUT2D eigenvalue weighted by molar-refractivity contribution is -0.139. The maximum atomic E-state index is 13.3. The molecular weight excluding hydrogens is 463 g/mol. The van der Waals surface area contributed by atoms with Gasteiger partial charge in [0.1, 0.15) is 5.75 Å². The van der Waals surface area contributed by atoms with Crippen LogP contribution in [0.25, 0.3) is 5.70 Å². The molecule has 2 aliphatic heterocycles. The zero-order valence-corrected chi connectivity index (χ0v) is 20.3. The molecule has 2 aliphatic rings.